The molecule has 2 heterocycles. The van der Waals surface area contributed by atoms with Crippen LogP contribution in [0.5, 0.6) is 0 Å². The molecule has 150 valence electrons. The van der Waals surface area contributed by atoms with E-state index >= 15 is 0 Å². The number of aryl methyl sites for hydroxylation is 1. The minimum absolute atomic E-state index is 0.0874. The van der Waals surface area contributed by atoms with E-state index in [1.807, 2.05) is 37.3 Å². The van der Waals surface area contributed by atoms with Crippen LogP contribution < -0.4 is 5.32 Å². The molecule has 29 heavy (non-hydrogen) atoms. The number of rotatable bonds is 7. The second-order valence-corrected chi connectivity index (χ2v) is 8.09. The molecular weight excluding hydrogens is 384 g/mol. The van der Waals surface area contributed by atoms with Crippen LogP contribution in [0.4, 0.5) is 0 Å². The Bertz CT molecular complexity index is 948. The number of amides is 1. The fraction of sp³-hybridized carbons (Fsp3) is 0.304. The van der Waals surface area contributed by atoms with Crippen LogP contribution in [0.2, 0.25) is 0 Å². The smallest absolute Gasteiger partial charge is 0.251 e. The maximum Gasteiger partial charge on any atom is 0.251 e. The van der Waals surface area contributed by atoms with Crippen molar-refractivity contribution in [2.75, 3.05) is 13.2 Å². The molecule has 1 N–H and O–H groups in total. The van der Waals surface area contributed by atoms with Gasteiger partial charge in [0.15, 0.2) is 0 Å². The number of oxazole rings is 1. The van der Waals surface area contributed by atoms with Crippen LogP contribution in [-0.4, -0.2) is 30.1 Å². The molecular formula is C23H24N2O3S. The standard InChI is InChI=1S/C23H24N2O3S/c1-16-21(15-29-20-7-3-2-4-8-20)25-23(28-16)18-11-9-17(10-12-18)22(26)24-14-19-6-5-13-27-19/h2-4,7-12,19H,5-6,13-15H2,1H3,(H,24,26). The largest absolute Gasteiger partial charge is 0.441 e. The number of thioether (sulfide) groups is 1. The van der Waals surface area contributed by atoms with Crippen LogP contribution in [0.3, 0.4) is 0 Å². The van der Waals surface area contributed by atoms with Gasteiger partial charge < -0.3 is 14.5 Å². The molecule has 1 aromatic heterocycles. The monoisotopic (exact) mass is 408 g/mol. The molecule has 1 atom stereocenters. The Kier molecular flexibility index (Phi) is 6.32. The molecule has 1 amide bonds. The highest BCUT2D eigenvalue weighted by Gasteiger charge is 2.17. The molecule has 2 aromatic carbocycles. The summed E-state index contributed by atoms with van der Waals surface area (Å²) in [5.74, 6) is 2.07. The van der Waals surface area contributed by atoms with Gasteiger partial charge in [0.1, 0.15) is 5.76 Å². The zero-order chi connectivity index (χ0) is 20.1. The molecule has 1 unspecified atom stereocenters. The van der Waals surface area contributed by atoms with E-state index in [2.05, 4.69) is 22.4 Å². The van der Waals surface area contributed by atoms with Crippen molar-refractivity contribution in [1.29, 1.82) is 0 Å². The van der Waals surface area contributed by atoms with Gasteiger partial charge in [-0.2, -0.15) is 0 Å². The lowest BCUT2D eigenvalue weighted by atomic mass is 10.1. The first-order valence-corrected chi connectivity index (χ1v) is 10.8. The van der Waals surface area contributed by atoms with Gasteiger partial charge in [-0.3, -0.25) is 4.79 Å². The number of benzene rings is 2. The molecule has 1 fully saturated rings. The van der Waals surface area contributed by atoms with Crippen molar-refractivity contribution in [3.63, 3.8) is 0 Å². The molecule has 5 nitrogen and oxygen atoms in total. The van der Waals surface area contributed by atoms with Crippen LogP contribution in [0.15, 0.2) is 63.9 Å². The van der Waals surface area contributed by atoms with Gasteiger partial charge in [-0.05, 0) is 56.2 Å². The minimum atomic E-state index is -0.0874. The first kappa shape index (κ1) is 19.7. The van der Waals surface area contributed by atoms with Crippen LogP contribution in [0, 0.1) is 6.92 Å². The second-order valence-electron chi connectivity index (χ2n) is 7.05. The highest BCUT2D eigenvalue weighted by atomic mass is 32.2. The molecule has 6 heteroatoms. The number of hydrogen-bond donors (Lipinski definition) is 1. The molecule has 4 rings (SSSR count). The van der Waals surface area contributed by atoms with Gasteiger partial charge in [0.05, 0.1) is 11.8 Å². The van der Waals surface area contributed by atoms with E-state index in [0.29, 0.717) is 18.0 Å². The van der Waals surface area contributed by atoms with Crippen LogP contribution in [0.25, 0.3) is 11.5 Å². The van der Waals surface area contributed by atoms with E-state index in [9.17, 15) is 4.79 Å². The summed E-state index contributed by atoms with van der Waals surface area (Å²) in [5, 5.41) is 2.94. The van der Waals surface area contributed by atoms with Crippen LogP contribution in [0.1, 0.15) is 34.7 Å². The van der Waals surface area contributed by atoms with Gasteiger partial charge in [-0.25, -0.2) is 4.98 Å². The molecule has 3 aromatic rings. The van der Waals surface area contributed by atoms with Crippen molar-refractivity contribution in [2.45, 2.75) is 36.5 Å². The van der Waals surface area contributed by atoms with Crippen molar-refractivity contribution in [2.24, 2.45) is 0 Å². The van der Waals surface area contributed by atoms with E-state index < -0.39 is 0 Å². The Hall–Kier alpha value is -2.57. The third kappa shape index (κ3) is 5.08. The number of carbonyl (C=O) groups excluding carboxylic acids is 1. The Morgan fingerprint density at radius 1 is 1.17 bits per heavy atom. The number of ether oxygens (including phenoxy) is 1. The zero-order valence-corrected chi connectivity index (χ0v) is 17.2. The van der Waals surface area contributed by atoms with Crippen LogP contribution >= 0.6 is 11.8 Å². The number of hydrogen-bond acceptors (Lipinski definition) is 5. The summed E-state index contributed by atoms with van der Waals surface area (Å²) in [6.45, 7) is 3.28. The zero-order valence-electron chi connectivity index (χ0n) is 16.4. The van der Waals surface area contributed by atoms with Crippen molar-refractivity contribution in [3.05, 3.63) is 71.6 Å². The van der Waals surface area contributed by atoms with Gasteiger partial charge in [0.2, 0.25) is 5.89 Å². The summed E-state index contributed by atoms with van der Waals surface area (Å²) in [7, 11) is 0. The molecule has 0 spiro atoms. The van der Waals surface area contributed by atoms with E-state index in [4.69, 9.17) is 9.15 Å². The van der Waals surface area contributed by atoms with Gasteiger partial charge in [0, 0.05) is 34.9 Å². The first-order chi connectivity index (χ1) is 14.2. The van der Waals surface area contributed by atoms with Crippen molar-refractivity contribution >= 4 is 17.7 Å². The Morgan fingerprint density at radius 2 is 1.97 bits per heavy atom. The number of nitrogens with zero attached hydrogens (tertiary/aromatic N) is 1. The first-order valence-electron chi connectivity index (χ1n) is 9.83. The molecule has 1 aliphatic heterocycles. The molecule has 1 aliphatic rings. The lowest BCUT2D eigenvalue weighted by Crippen LogP contribution is -2.31. The van der Waals surface area contributed by atoms with E-state index in [1.165, 1.54) is 4.90 Å². The third-order valence-electron chi connectivity index (χ3n) is 4.92. The molecule has 0 aliphatic carbocycles. The normalized spacial score (nSPS) is 16.1. The lowest BCUT2D eigenvalue weighted by molar-refractivity contribution is 0.0858. The summed E-state index contributed by atoms with van der Waals surface area (Å²) >= 11 is 1.73. The predicted octanol–water partition coefficient (Wildman–Crippen LogP) is 4.85. The number of carbonyl (C=O) groups is 1. The summed E-state index contributed by atoms with van der Waals surface area (Å²) in [6.07, 6.45) is 2.21. The minimum Gasteiger partial charge on any atom is -0.441 e. The summed E-state index contributed by atoms with van der Waals surface area (Å²) in [6, 6.07) is 17.6. The molecule has 0 saturated carbocycles. The predicted molar refractivity (Wildman–Crippen MR) is 114 cm³/mol. The average molecular weight is 409 g/mol. The van der Waals surface area contributed by atoms with E-state index in [1.54, 1.807) is 23.9 Å². The molecule has 0 radical (unpaired) electrons. The maximum absolute atomic E-state index is 12.3. The highest BCUT2D eigenvalue weighted by Crippen LogP contribution is 2.27. The fourth-order valence-electron chi connectivity index (χ4n) is 3.23. The average Bonchev–Trinajstić information content (AvgIpc) is 3.41. The van der Waals surface area contributed by atoms with Gasteiger partial charge >= 0.3 is 0 Å². The van der Waals surface area contributed by atoms with Crippen molar-refractivity contribution in [1.82, 2.24) is 10.3 Å². The maximum atomic E-state index is 12.3. The van der Waals surface area contributed by atoms with Crippen molar-refractivity contribution in [3.8, 4) is 11.5 Å². The lowest BCUT2D eigenvalue weighted by Gasteiger charge is -2.10. The molecule has 0 bridgehead atoms. The third-order valence-corrected chi connectivity index (χ3v) is 5.94. The number of aromatic nitrogens is 1. The summed E-state index contributed by atoms with van der Waals surface area (Å²) in [5.41, 5.74) is 2.42. The van der Waals surface area contributed by atoms with E-state index in [-0.39, 0.29) is 12.0 Å². The molecule has 1 saturated heterocycles. The Labute approximate surface area is 174 Å². The summed E-state index contributed by atoms with van der Waals surface area (Å²) < 4.78 is 11.4. The topological polar surface area (TPSA) is 64.4 Å². The van der Waals surface area contributed by atoms with Crippen LogP contribution in [-0.2, 0) is 10.5 Å². The second kappa shape index (κ2) is 9.29. The van der Waals surface area contributed by atoms with Gasteiger partial charge in [-0.15, -0.1) is 11.8 Å². The Balaban J connectivity index is 1.37. The van der Waals surface area contributed by atoms with Gasteiger partial charge in [0.25, 0.3) is 5.91 Å². The SMILES string of the molecule is Cc1oc(-c2ccc(C(=O)NCC3CCCO3)cc2)nc1CSc1ccccc1. The van der Waals surface area contributed by atoms with Crippen molar-refractivity contribution < 1.29 is 13.9 Å². The fourth-order valence-corrected chi connectivity index (χ4v) is 4.15. The highest BCUT2D eigenvalue weighted by molar-refractivity contribution is 7.98. The Morgan fingerprint density at radius 3 is 2.69 bits per heavy atom. The van der Waals surface area contributed by atoms with E-state index in [0.717, 1.165) is 42.2 Å². The quantitative estimate of drug-likeness (QED) is 0.566. The number of nitrogens with one attached hydrogen (secondary N) is 1. The summed E-state index contributed by atoms with van der Waals surface area (Å²) in [4.78, 5) is 18.2. The van der Waals surface area contributed by atoms with Gasteiger partial charge in [-0.1, -0.05) is 18.2 Å².